The first-order valence-corrected chi connectivity index (χ1v) is 6.23. The second kappa shape index (κ2) is 4.55. The van der Waals surface area contributed by atoms with Crippen LogP contribution in [0.1, 0.15) is 5.56 Å². The zero-order valence-corrected chi connectivity index (χ0v) is 9.84. The zero-order valence-electron chi connectivity index (χ0n) is 9.02. The summed E-state index contributed by atoms with van der Waals surface area (Å²) in [5.74, 6) is 0.889. The number of rotatable bonds is 3. The number of thioether (sulfide) groups is 1. The number of nitrogens with zero attached hydrogens (tertiary/aromatic N) is 4. The first-order chi connectivity index (χ1) is 8.43. The number of benzene rings is 1. The molecule has 0 radical (unpaired) electrons. The van der Waals surface area contributed by atoms with Crippen molar-refractivity contribution in [1.29, 1.82) is 0 Å². The van der Waals surface area contributed by atoms with Gasteiger partial charge in [0.1, 0.15) is 11.4 Å². The molecule has 2 heterocycles. The summed E-state index contributed by atoms with van der Waals surface area (Å²) in [6.45, 7) is 0. The van der Waals surface area contributed by atoms with E-state index in [-0.39, 0.29) is 0 Å². The van der Waals surface area contributed by atoms with E-state index in [0.29, 0.717) is 0 Å². The van der Waals surface area contributed by atoms with Gasteiger partial charge in [-0.2, -0.15) is 0 Å². The Morgan fingerprint density at radius 2 is 2.06 bits per heavy atom. The predicted octanol–water partition coefficient (Wildman–Crippen LogP) is 2.42. The Morgan fingerprint density at radius 1 is 1.18 bits per heavy atom. The molecule has 0 spiro atoms. The third kappa shape index (κ3) is 2.14. The van der Waals surface area contributed by atoms with E-state index in [0.717, 1.165) is 16.4 Å². The average Bonchev–Trinajstić information content (AvgIpc) is 2.86. The fraction of sp³-hybridized carbons (Fsp3) is 0.0833. The van der Waals surface area contributed by atoms with Gasteiger partial charge in [-0.15, -0.1) is 10.2 Å². The molecule has 5 heteroatoms. The Morgan fingerprint density at radius 3 is 2.94 bits per heavy atom. The van der Waals surface area contributed by atoms with Gasteiger partial charge in [0.25, 0.3) is 0 Å². The highest BCUT2D eigenvalue weighted by Crippen LogP contribution is 2.23. The Bertz CT molecular complexity index is 620. The highest BCUT2D eigenvalue weighted by molar-refractivity contribution is 7.98. The van der Waals surface area contributed by atoms with E-state index in [4.69, 9.17) is 0 Å². The van der Waals surface area contributed by atoms with Gasteiger partial charge >= 0.3 is 0 Å². The van der Waals surface area contributed by atoms with E-state index >= 15 is 0 Å². The molecule has 0 saturated heterocycles. The Kier molecular flexibility index (Phi) is 2.75. The molecule has 84 valence electrons. The van der Waals surface area contributed by atoms with E-state index in [1.807, 2.05) is 28.8 Å². The molecule has 0 aliphatic heterocycles. The summed E-state index contributed by atoms with van der Waals surface area (Å²) < 4.78 is 1.88. The van der Waals surface area contributed by atoms with Crippen molar-refractivity contribution in [2.75, 3.05) is 0 Å². The molecule has 4 nitrogen and oxygen atoms in total. The van der Waals surface area contributed by atoms with Gasteiger partial charge in [0.05, 0.1) is 0 Å². The van der Waals surface area contributed by atoms with E-state index in [9.17, 15) is 0 Å². The molecular formula is C12H10N4S. The van der Waals surface area contributed by atoms with E-state index in [1.54, 1.807) is 24.3 Å². The summed E-state index contributed by atoms with van der Waals surface area (Å²) in [6, 6.07) is 10.3. The second-order valence-electron chi connectivity index (χ2n) is 3.57. The molecule has 0 bridgehead atoms. The third-order valence-electron chi connectivity index (χ3n) is 2.40. The zero-order chi connectivity index (χ0) is 11.5. The first kappa shape index (κ1) is 10.3. The third-order valence-corrected chi connectivity index (χ3v) is 3.44. The number of aromatic nitrogens is 4. The normalized spacial score (nSPS) is 10.8. The van der Waals surface area contributed by atoms with Crippen LogP contribution in [0.15, 0.2) is 54.1 Å². The van der Waals surface area contributed by atoms with Gasteiger partial charge in [-0.3, -0.25) is 4.40 Å². The van der Waals surface area contributed by atoms with E-state index in [2.05, 4.69) is 27.3 Å². The quantitative estimate of drug-likeness (QED) is 0.661. The van der Waals surface area contributed by atoms with Crippen molar-refractivity contribution in [3.8, 4) is 0 Å². The van der Waals surface area contributed by atoms with Crippen molar-refractivity contribution in [3.05, 3.63) is 54.6 Å². The van der Waals surface area contributed by atoms with Crippen molar-refractivity contribution in [3.63, 3.8) is 0 Å². The van der Waals surface area contributed by atoms with Gasteiger partial charge in [0.2, 0.25) is 0 Å². The monoisotopic (exact) mass is 242 g/mol. The van der Waals surface area contributed by atoms with Crippen LogP contribution in [0.4, 0.5) is 0 Å². The molecule has 2 aromatic heterocycles. The number of hydrogen-bond acceptors (Lipinski definition) is 4. The maximum atomic E-state index is 4.33. The van der Waals surface area contributed by atoms with Crippen LogP contribution in [0.2, 0.25) is 0 Å². The van der Waals surface area contributed by atoms with Crippen LogP contribution < -0.4 is 0 Å². The van der Waals surface area contributed by atoms with Crippen molar-refractivity contribution in [1.82, 2.24) is 19.6 Å². The van der Waals surface area contributed by atoms with Crippen molar-refractivity contribution in [2.45, 2.75) is 10.8 Å². The molecule has 0 amide bonds. The fourth-order valence-electron chi connectivity index (χ4n) is 1.56. The van der Waals surface area contributed by atoms with Crippen LogP contribution in [0.25, 0.3) is 5.65 Å². The molecule has 0 atom stereocenters. The highest BCUT2D eigenvalue weighted by atomic mass is 32.2. The average molecular weight is 242 g/mol. The molecular weight excluding hydrogens is 232 g/mol. The lowest BCUT2D eigenvalue weighted by Gasteiger charge is -2.01. The lowest BCUT2D eigenvalue weighted by atomic mass is 10.2. The summed E-state index contributed by atoms with van der Waals surface area (Å²) in [5, 5.41) is 8.85. The molecule has 17 heavy (non-hydrogen) atoms. The summed E-state index contributed by atoms with van der Waals surface area (Å²) in [5.41, 5.74) is 2.09. The van der Waals surface area contributed by atoms with Gasteiger partial charge in [0, 0.05) is 18.1 Å². The second-order valence-corrected chi connectivity index (χ2v) is 4.53. The molecule has 3 rings (SSSR count). The largest absolute Gasteiger partial charge is 0.285 e. The van der Waals surface area contributed by atoms with Gasteiger partial charge < -0.3 is 0 Å². The molecule has 3 aromatic rings. The molecule has 0 saturated carbocycles. The number of fused-ring (bicyclic) bond motifs is 1. The molecule has 0 N–H and O–H groups in total. The van der Waals surface area contributed by atoms with Gasteiger partial charge in [-0.1, -0.05) is 42.1 Å². The lowest BCUT2D eigenvalue weighted by molar-refractivity contribution is 1.03. The van der Waals surface area contributed by atoms with Crippen molar-refractivity contribution in [2.24, 2.45) is 0 Å². The SMILES string of the molecule is c1ccc(CSc2nccn3cnnc23)cc1. The van der Waals surface area contributed by atoms with Crippen LogP contribution in [0.5, 0.6) is 0 Å². The molecule has 1 aromatic carbocycles. The van der Waals surface area contributed by atoms with Crippen LogP contribution in [-0.4, -0.2) is 19.6 Å². The Labute approximate surface area is 103 Å². The minimum absolute atomic E-state index is 0.813. The topological polar surface area (TPSA) is 43.1 Å². The number of hydrogen-bond donors (Lipinski definition) is 0. The lowest BCUT2D eigenvalue weighted by Crippen LogP contribution is -1.90. The predicted molar refractivity (Wildman–Crippen MR) is 66.8 cm³/mol. The van der Waals surface area contributed by atoms with E-state index in [1.165, 1.54) is 5.56 Å². The molecule has 0 unspecified atom stereocenters. The minimum atomic E-state index is 0.813. The summed E-state index contributed by atoms with van der Waals surface area (Å²) in [7, 11) is 0. The summed E-state index contributed by atoms with van der Waals surface area (Å²) in [4.78, 5) is 4.33. The summed E-state index contributed by atoms with van der Waals surface area (Å²) >= 11 is 1.67. The van der Waals surface area contributed by atoms with Gasteiger partial charge in [-0.25, -0.2) is 4.98 Å². The minimum Gasteiger partial charge on any atom is -0.285 e. The van der Waals surface area contributed by atoms with Gasteiger partial charge in [0.15, 0.2) is 5.65 Å². The Balaban J connectivity index is 1.84. The highest BCUT2D eigenvalue weighted by Gasteiger charge is 2.05. The molecule has 0 fully saturated rings. The fourth-order valence-corrected chi connectivity index (χ4v) is 2.47. The standard InChI is InChI=1S/C12H10N4S/c1-2-4-10(5-3-1)8-17-12-11-15-14-9-16(11)7-6-13-12/h1-7,9H,8H2. The van der Waals surface area contributed by atoms with Crippen LogP contribution in [-0.2, 0) is 5.75 Å². The van der Waals surface area contributed by atoms with Crippen molar-refractivity contribution >= 4 is 17.4 Å². The Hall–Kier alpha value is -1.88. The maximum absolute atomic E-state index is 4.33. The molecule has 0 aliphatic rings. The van der Waals surface area contributed by atoms with E-state index < -0.39 is 0 Å². The van der Waals surface area contributed by atoms with Crippen LogP contribution in [0.3, 0.4) is 0 Å². The van der Waals surface area contributed by atoms with Crippen LogP contribution in [0, 0.1) is 0 Å². The smallest absolute Gasteiger partial charge is 0.193 e. The maximum Gasteiger partial charge on any atom is 0.193 e. The van der Waals surface area contributed by atoms with Gasteiger partial charge in [-0.05, 0) is 5.56 Å². The molecule has 0 aliphatic carbocycles. The summed E-state index contributed by atoms with van der Waals surface area (Å²) in [6.07, 6.45) is 5.30. The van der Waals surface area contributed by atoms with Crippen LogP contribution >= 0.6 is 11.8 Å². The van der Waals surface area contributed by atoms with Crippen molar-refractivity contribution < 1.29 is 0 Å². The first-order valence-electron chi connectivity index (χ1n) is 5.24.